The van der Waals surface area contributed by atoms with Crippen LogP contribution in [0.1, 0.15) is 50.2 Å². The van der Waals surface area contributed by atoms with Crippen LogP contribution in [0.15, 0.2) is 18.2 Å². The fraction of sp³-hybridized carbons (Fsp3) is 0.625. The summed E-state index contributed by atoms with van der Waals surface area (Å²) in [5.74, 6) is 1.57. The molecule has 100 valence electrons. The fourth-order valence-electron chi connectivity index (χ4n) is 2.80. The van der Waals surface area contributed by atoms with Crippen molar-refractivity contribution in [1.82, 2.24) is 0 Å². The Bertz CT molecular complexity index is 402. The Labute approximate surface area is 111 Å². The van der Waals surface area contributed by atoms with Gasteiger partial charge in [0.15, 0.2) is 0 Å². The molecular formula is C16H25NO. The monoisotopic (exact) mass is 247 g/mol. The Balaban J connectivity index is 2.22. The second-order valence-corrected chi connectivity index (χ2v) is 5.96. The van der Waals surface area contributed by atoms with Crippen molar-refractivity contribution in [3.05, 3.63) is 29.3 Å². The van der Waals surface area contributed by atoms with Gasteiger partial charge in [0.25, 0.3) is 0 Å². The van der Waals surface area contributed by atoms with Gasteiger partial charge < -0.3 is 10.5 Å². The average molecular weight is 247 g/mol. The van der Waals surface area contributed by atoms with Gasteiger partial charge in [0.2, 0.25) is 0 Å². The van der Waals surface area contributed by atoms with Gasteiger partial charge in [-0.2, -0.15) is 0 Å². The summed E-state index contributed by atoms with van der Waals surface area (Å²) >= 11 is 0. The molecule has 2 nitrogen and oxygen atoms in total. The van der Waals surface area contributed by atoms with Crippen LogP contribution in [0.5, 0.6) is 5.75 Å². The van der Waals surface area contributed by atoms with Crippen molar-refractivity contribution < 1.29 is 4.74 Å². The van der Waals surface area contributed by atoms with Crippen LogP contribution in [0.3, 0.4) is 0 Å². The van der Waals surface area contributed by atoms with Crippen LogP contribution in [0.4, 0.5) is 0 Å². The molecule has 1 aliphatic carbocycles. The lowest BCUT2D eigenvalue weighted by Gasteiger charge is -2.41. The normalized spacial score (nSPS) is 17.6. The molecule has 1 aromatic rings. The highest BCUT2D eigenvalue weighted by atomic mass is 16.5. The number of nitrogens with two attached hydrogens (primary N) is 1. The summed E-state index contributed by atoms with van der Waals surface area (Å²) in [5, 5.41) is 0. The van der Waals surface area contributed by atoms with Gasteiger partial charge in [-0.3, -0.25) is 0 Å². The zero-order chi connectivity index (χ0) is 13.2. The third-order valence-electron chi connectivity index (χ3n) is 4.39. The van der Waals surface area contributed by atoms with Crippen molar-refractivity contribution in [2.24, 2.45) is 11.1 Å². The van der Waals surface area contributed by atoms with Crippen LogP contribution in [0, 0.1) is 5.41 Å². The molecule has 1 saturated carbocycles. The first-order valence-corrected chi connectivity index (χ1v) is 6.97. The summed E-state index contributed by atoms with van der Waals surface area (Å²) in [6, 6.07) is 6.64. The van der Waals surface area contributed by atoms with Crippen molar-refractivity contribution in [1.29, 1.82) is 0 Å². The Kier molecular flexibility index (Phi) is 3.96. The first-order valence-electron chi connectivity index (χ1n) is 6.97. The van der Waals surface area contributed by atoms with Crippen molar-refractivity contribution in [3.63, 3.8) is 0 Å². The van der Waals surface area contributed by atoms with Gasteiger partial charge in [-0.15, -0.1) is 0 Å². The first-order chi connectivity index (χ1) is 8.60. The quantitative estimate of drug-likeness (QED) is 0.864. The van der Waals surface area contributed by atoms with Gasteiger partial charge in [-0.1, -0.05) is 32.4 Å². The highest BCUT2D eigenvalue weighted by Crippen LogP contribution is 2.44. The molecule has 0 heterocycles. The Morgan fingerprint density at radius 3 is 2.50 bits per heavy atom. The minimum Gasteiger partial charge on any atom is -0.496 e. The summed E-state index contributed by atoms with van der Waals surface area (Å²) in [6.07, 6.45) is 4.91. The first kappa shape index (κ1) is 13.4. The van der Waals surface area contributed by atoms with Crippen LogP contribution in [0.2, 0.25) is 0 Å². The summed E-state index contributed by atoms with van der Waals surface area (Å²) in [5.41, 5.74) is 8.94. The molecule has 0 aromatic heterocycles. The minimum absolute atomic E-state index is 0.340. The Morgan fingerprint density at radius 1 is 1.33 bits per heavy atom. The summed E-state index contributed by atoms with van der Waals surface area (Å²) in [6.45, 7) is 5.21. The molecule has 1 aromatic carbocycles. The van der Waals surface area contributed by atoms with E-state index in [2.05, 4.69) is 32.0 Å². The number of methoxy groups -OCH3 is 1. The summed E-state index contributed by atoms with van der Waals surface area (Å²) in [4.78, 5) is 0. The molecule has 0 atom stereocenters. The van der Waals surface area contributed by atoms with Gasteiger partial charge in [0.1, 0.15) is 5.75 Å². The second kappa shape index (κ2) is 5.31. The molecule has 0 bridgehead atoms. The van der Waals surface area contributed by atoms with E-state index in [4.69, 9.17) is 10.5 Å². The van der Waals surface area contributed by atoms with Crippen LogP contribution >= 0.6 is 0 Å². The number of rotatable bonds is 5. The van der Waals surface area contributed by atoms with E-state index >= 15 is 0 Å². The molecule has 2 rings (SSSR count). The molecule has 1 fully saturated rings. The highest BCUT2D eigenvalue weighted by molar-refractivity contribution is 5.39. The van der Waals surface area contributed by atoms with Crippen LogP contribution in [-0.2, 0) is 6.42 Å². The number of hydrogen-bond acceptors (Lipinski definition) is 2. The van der Waals surface area contributed by atoms with Gasteiger partial charge >= 0.3 is 0 Å². The van der Waals surface area contributed by atoms with E-state index in [1.807, 2.05) is 0 Å². The maximum Gasteiger partial charge on any atom is 0.122 e. The predicted octanol–water partition coefficient (Wildman–Crippen LogP) is 3.49. The lowest BCUT2D eigenvalue weighted by molar-refractivity contribution is 0.143. The van der Waals surface area contributed by atoms with Gasteiger partial charge in [-0.05, 0) is 54.3 Å². The molecule has 0 amide bonds. The average Bonchev–Trinajstić information content (AvgIpc) is 2.33. The summed E-state index contributed by atoms with van der Waals surface area (Å²) in [7, 11) is 1.76. The number of ether oxygens (including phenoxy) is 1. The molecule has 0 spiro atoms. The molecular weight excluding hydrogens is 222 g/mol. The molecule has 0 saturated heterocycles. The fourth-order valence-corrected chi connectivity index (χ4v) is 2.80. The Hall–Kier alpha value is -1.02. The number of benzene rings is 1. The SMILES string of the molecule is COc1cc(C(C)C)ccc1CC1(CN)CCC1. The van der Waals surface area contributed by atoms with Crippen LogP contribution in [0.25, 0.3) is 0 Å². The van der Waals surface area contributed by atoms with Crippen LogP contribution in [-0.4, -0.2) is 13.7 Å². The van der Waals surface area contributed by atoms with E-state index in [1.54, 1.807) is 7.11 Å². The smallest absolute Gasteiger partial charge is 0.122 e. The molecule has 2 heteroatoms. The van der Waals surface area contributed by atoms with Crippen LogP contribution < -0.4 is 10.5 Å². The maximum absolute atomic E-state index is 5.95. The Morgan fingerprint density at radius 2 is 2.06 bits per heavy atom. The lowest BCUT2D eigenvalue weighted by Crippen LogP contribution is -2.39. The van der Waals surface area contributed by atoms with E-state index in [0.29, 0.717) is 11.3 Å². The summed E-state index contributed by atoms with van der Waals surface area (Å²) < 4.78 is 5.55. The van der Waals surface area contributed by atoms with Crippen molar-refractivity contribution in [3.8, 4) is 5.75 Å². The molecule has 2 N–H and O–H groups in total. The predicted molar refractivity (Wildman–Crippen MR) is 76.1 cm³/mol. The van der Waals surface area contributed by atoms with E-state index < -0.39 is 0 Å². The number of hydrogen-bond donors (Lipinski definition) is 1. The standard InChI is InChI=1S/C16H25NO/c1-12(2)13-5-6-14(15(9-13)18-3)10-16(11-17)7-4-8-16/h5-6,9,12H,4,7-8,10-11,17H2,1-3H3. The largest absolute Gasteiger partial charge is 0.496 e. The molecule has 0 aliphatic heterocycles. The molecule has 0 radical (unpaired) electrons. The van der Waals surface area contributed by atoms with E-state index in [0.717, 1.165) is 18.7 Å². The van der Waals surface area contributed by atoms with Gasteiger partial charge in [-0.25, -0.2) is 0 Å². The zero-order valence-electron chi connectivity index (χ0n) is 11.8. The maximum atomic E-state index is 5.95. The van der Waals surface area contributed by atoms with E-state index in [1.165, 1.54) is 30.4 Å². The topological polar surface area (TPSA) is 35.2 Å². The molecule has 18 heavy (non-hydrogen) atoms. The van der Waals surface area contributed by atoms with Gasteiger partial charge in [0, 0.05) is 0 Å². The lowest BCUT2D eigenvalue weighted by atomic mass is 9.65. The third kappa shape index (κ3) is 2.54. The highest BCUT2D eigenvalue weighted by Gasteiger charge is 2.36. The zero-order valence-corrected chi connectivity index (χ0v) is 11.8. The van der Waals surface area contributed by atoms with E-state index in [9.17, 15) is 0 Å². The third-order valence-corrected chi connectivity index (χ3v) is 4.39. The molecule has 1 aliphatic rings. The minimum atomic E-state index is 0.340. The van der Waals surface area contributed by atoms with Crippen molar-refractivity contribution >= 4 is 0 Å². The van der Waals surface area contributed by atoms with Gasteiger partial charge in [0.05, 0.1) is 7.11 Å². The van der Waals surface area contributed by atoms with Crippen molar-refractivity contribution in [2.45, 2.75) is 45.4 Å². The second-order valence-electron chi connectivity index (χ2n) is 5.96. The van der Waals surface area contributed by atoms with Crippen molar-refractivity contribution in [2.75, 3.05) is 13.7 Å². The molecule has 0 unspecified atom stereocenters. The van der Waals surface area contributed by atoms with E-state index in [-0.39, 0.29) is 0 Å².